The van der Waals surface area contributed by atoms with Gasteiger partial charge in [0.25, 0.3) is 0 Å². The topological polar surface area (TPSA) is 62.0 Å². The van der Waals surface area contributed by atoms with Crippen molar-refractivity contribution in [1.82, 2.24) is 15.3 Å². The van der Waals surface area contributed by atoms with Crippen LogP contribution in [-0.4, -0.2) is 17.1 Å². The molecule has 98 valence electrons. The average molecular weight is 274 g/mol. The second-order valence-electron chi connectivity index (χ2n) is 4.31. The molecule has 19 heavy (non-hydrogen) atoms. The molecule has 6 heteroatoms. The monoisotopic (exact) mass is 274 g/mol. The van der Waals surface area contributed by atoms with E-state index in [2.05, 4.69) is 20.6 Å². The third-order valence-electron chi connectivity index (χ3n) is 3.06. The lowest BCUT2D eigenvalue weighted by atomic mass is 10.2. The molecule has 1 aliphatic heterocycles. The average Bonchev–Trinajstić information content (AvgIpc) is 2.87. The molecule has 0 atom stereocenters. The van der Waals surface area contributed by atoms with Gasteiger partial charge < -0.3 is 20.4 Å². The van der Waals surface area contributed by atoms with E-state index in [4.69, 9.17) is 17.0 Å². The summed E-state index contributed by atoms with van der Waals surface area (Å²) < 4.78 is 5.70. The number of anilines is 2. The summed E-state index contributed by atoms with van der Waals surface area (Å²) in [5.74, 6) is 1.61. The number of hydrogen-bond acceptors (Lipinski definition) is 5. The molecule has 1 aromatic heterocycles. The Bertz CT molecular complexity index is 668. The molecule has 1 aromatic carbocycles. The highest BCUT2D eigenvalue weighted by Crippen LogP contribution is 2.25. The van der Waals surface area contributed by atoms with Gasteiger partial charge in [-0.15, -0.1) is 0 Å². The Balaban J connectivity index is 1.97. The van der Waals surface area contributed by atoms with Crippen molar-refractivity contribution in [2.24, 2.45) is 0 Å². The normalized spacial score (nSPS) is 13.1. The highest BCUT2D eigenvalue weighted by atomic mass is 32.1. The fourth-order valence-corrected chi connectivity index (χ4v) is 2.35. The van der Waals surface area contributed by atoms with Crippen molar-refractivity contribution >= 4 is 23.7 Å². The van der Waals surface area contributed by atoms with E-state index in [0.29, 0.717) is 4.77 Å². The molecule has 0 unspecified atom stereocenters. The maximum atomic E-state index is 5.21. The molecule has 5 nitrogen and oxygen atoms in total. The van der Waals surface area contributed by atoms with Gasteiger partial charge in [-0.2, -0.15) is 0 Å². The minimum Gasteiger partial charge on any atom is -0.497 e. The summed E-state index contributed by atoms with van der Waals surface area (Å²) in [5.41, 5.74) is 3.17. The SMILES string of the molecule is COc1cccc(Nc2nc(=S)[nH]c3c2CNC3)c1. The fraction of sp³-hybridized carbons (Fsp3) is 0.231. The molecular formula is C13H14N4OS. The summed E-state index contributed by atoms with van der Waals surface area (Å²) in [6.07, 6.45) is 0. The Morgan fingerprint density at radius 1 is 1.37 bits per heavy atom. The first-order valence-corrected chi connectivity index (χ1v) is 6.41. The summed E-state index contributed by atoms with van der Waals surface area (Å²) >= 11 is 5.15. The number of H-pyrrole nitrogens is 1. The van der Waals surface area contributed by atoms with Gasteiger partial charge >= 0.3 is 0 Å². The number of ether oxygens (including phenoxy) is 1. The third-order valence-corrected chi connectivity index (χ3v) is 3.25. The molecule has 0 bridgehead atoms. The predicted octanol–water partition coefficient (Wildman–Crippen LogP) is 2.49. The lowest BCUT2D eigenvalue weighted by Crippen LogP contribution is -2.02. The first-order chi connectivity index (χ1) is 9.26. The second-order valence-corrected chi connectivity index (χ2v) is 4.69. The van der Waals surface area contributed by atoms with Crippen molar-refractivity contribution in [3.8, 4) is 5.75 Å². The third kappa shape index (κ3) is 2.45. The fourth-order valence-electron chi connectivity index (χ4n) is 2.14. The molecule has 0 radical (unpaired) electrons. The van der Waals surface area contributed by atoms with E-state index >= 15 is 0 Å². The van der Waals surface area contributed by atoms with Gasteiger partial charge in [-0.25, -0.2) is 4.98 Å². The van der Waals surface area contributed by atoms with Crippen LogP contribution in [0.5, 0.6) is 5.75 Å². The van der Waals surface area contributed by atoms with Crippen LogP contribution in [-0.2, 0) is 13.1 Å². The van der Waals surface area contributed by atoms with E-state index in [1.54, 1.807) is 7.11 Å². The van der Waals surface area contributed by atoms with Gasteiger partial charge in [0.15, 0.2) is 4.77 Å². The Morgan fingerprint density at radius 2 is 2.26 bits per heavy atom. The number of methoxy groups -OCH3 is 1. The van der Waals surface area contributed by atoms with Crippen molar-refractivity contribution in [2.75, 3.05) is 12.4 Å². The van der Waals surface area contributed by atoms with E-state index in [-0.39, 0.29) is 0 Å². The summed E-state index contributed by atoms with van der Waals surface area (Å²) in [6, 6.07) is 7.74. The number of rotatable bonds is 3. The van der Waals surface area contributed by atoms with Crippen LogP contribution in [0.4, 0.5) is 11.5 Å². The molecule has 1 aliphatic rings. The highest BCUT2D eigenvalue weighted by molar-refractivity contribution is 7.71. The zero-order chi connectivity index (χ0) is 13.2. The number of aromatic amines is 1. The van der Waals surface area contributed by atoms with E-state index in [9.17, 15) is 0 Å². The number of hydrogen-bond donors (Lipinski definition) is 3. The Morgan fingerprint density at radius 3 is 3.11 bits per heavy atom. The van der Waals surface area contributed by atoms with Gasteiger partial charge in [-0.3, -0.25) is 0 Å². The standard InChI is InChI=1S/C13H14N4OS/c1-18-9-4-2-3-8(5-9)15-12-10-6-14-7-11(10)16-13(19)17-12/h2-5,14H,6-7H2,1H3,(H2,15,16,17,19). The number of benzene rings is 1. The van der Waals surface area contributed by atoms with Gasteiger partial charge in [0.1, 0.15) is 11.6 Å². The lowest BCUT2D eigenvalue weighted by Gasteiger charge is -2.10. The maximum absolute atomic E-state index is 5.21. The van der Waals surface area contributed by atoms with E-state index in [0.717, 1.165) is 41.6 Å². The first kappa shape index (κ1) is 12.1. The van der Waals surface area contributed by atoms with Crippen molar-refractivity contribution < 1.29 is 4.74 Å². The summed E-state index contributed by atoms with van der Waals surface area (Å²) in [6.45, 7) is 1.59. The molecule has 0 spiro atoms. The smallest absolute Gasteiger partial charge is 0.199 e. The lowest BCUT2D eigenvalue weighted by molar-refractivity contribution is 0.415. The first-order valence-electron chi connectivity index (χ1n) is 6.00. The Kier molecular flexibility index (Phi) is 3.18. The van der Waals surface area contributed by atoms with E-state index in [1.165, 1.54) is 0 Å². The van der Waals surface area contributed by atoms with Crippen LogP contribution in [0.15, 0.2) is 24.3 Å². The molecule has 0 saturated heterocycles. The minimum absolute atomic E-state index is 0.493. The number of nitrogens with zero attached hydrogens (tertiary/aromatic N) is 1. The molecule has 2 aromatic rings. The maximum Gasteiger partial charge on any atom is 0.199 e. The van der Waals surface area contributed by atoms with Gasteiger partial charge in [-0.1, -0.05) is 6.07 Å². The molecule has 0 saturated carbocycles. The zero-order valence-corrected chi connectivity index (χ0v) is 11.3. The van der Waals surface area contributed by atoms with Crippen LogP contribution in [0.3, 0.4) is 0 Å². The van der Waals surface area contributed by atoms with Gasteiger partial charge in [0.05, 0.1) is 7.11 Å². The van der Waals surface area contributed by atoms with Crippen molar-refractivity contribution in [3.63, 3.8) is 0 Å². The summed E-state index contributed by atoms with van der Waals surface area (Å²) in [4.78, 5) is 7.48. The molecule has 0 amide bonds. The molecule has 0 aliphatic carbocycles. The zero-order valence-electron chi connectivity index (χ0n) is 10.5. The molecule has 0 fully saturated rings. The van der Waals surface area contributed by atoms with Crippen LogP contribution >= 0.6 is 12.2 Å². The molecule has 3 rings (SSSR count). The Labute approximate surface area is 116 Å². The number of nitrogens with one attached hydrogen (secondary N) is 3. The number of fused-ring (bicyclic) bond motifs is 1. The Hall–Kier alpha value is -1.92. The van der Waals surface area contributed by atoms with Crippen LogP contribution in [0.2, 0.25) is 0 Å². The van der Waals surface area contributed by atoms with Crippen LogP contribution in [0.25, 0.3) is 0 Å². The van der Waals surface area contributed by atoms with Crippen LogP contribution in [0, 0.1) is 4.77 Å². The van der Waals surface area contributed by atoms with Crippen molar-refractivity contribution in [1.29, 1.82) is 0 Å². The summed E-state index contributed by atoms with van der Waals surface area (Å²) in [5, 5.41) is 6.58. The van der Waals surface area contributed by atoms with E-state index < -0.39 is 0 Å². The van der Waals surface area contributed by atoms with Gasteiger partial charge in [-0.05, 0) is 24.4 Å². The van der Waals surface area contributed by atoms with Crippen molar-refractivity contribution in [2.45, 2.75) is 13.1 Å². The van der Waals surface area contributed by atoms with Gasteiger partial charge in [0, 0.05) is 36.1 Å². The van der Waals surface area contributed by atoms with Crippen LogP contribution < -0.4 is 15.4 Å². The number of aromatic nitrogens is 2. The molecule has 2 heterocycles. The van der Waals surface area contributed by atoms with Crippen molar-refractivity contribution in [3.05, 3.63) is 40.3 Å². The summed E-state index contributed by atoms with van der Waals surface area (Å²) in [7, 11) is 1.65. The highest BCUT2D eigenvalue weighted by Gasteiger charge is 2.16. The minimum atomic E-state index is 0.493. The quantitative estimate of drug-likeness (QED) is 0.751. The van der Waals surface area contributed by atoms with Gasteiger partial charge in [0.2, 0.25) is 0 Å². The largest absolute Gasteiger partial charge is 0.497 e. The molecule has 3 N–H and O–H groups in total. The van der Waals surface area contributed by atoms with Crippen LogP contribution in [0.1, 0.15) is 11.3 Å². The predicted molar refractivity (Wildman–Crippen MR) is 76.2 cm³/mol. The molecular weight excluding hydrogens is 260 g/mol. The van der Waals surface area contributed by atoms with E-state index in [1.807, 2.05) is 24.3 Å². The second kappa shape index (κ2) is 4.99.